The van der Waals surface area contributed by atoms with Crippen molar-refractivity contribution in [2.24, 2.45) is 0 Å². The molecule has 6 aromatic rings. The zero-order chi connectivity index (χ0) is 56.9. The highest BCUT2D eigenvalue weighted by Crippen LogP contribution is 2.42. The molecule has 4 aliphatic rings. The number of hydrogen-bond donors (Lipinski definition) is 3. The molecule has 3 amide bonds. The molecular formula is C60H71Cl2N9O9. The molecule has 18 nitrogen and oxygen atoms in total. The number of halogens is 2. The van der Waals surface area contributed by atoms with Gasteiger partial charge in [0.25, 0.3) is 17.7 Å². The number of morpholine rings is 2. The second-order valence-corrected chi connectivity index (χ2v) is 23.2. The highest BCUT2D eigenvalue weighted by atomic mass is 35.5. The van der Waals surface area contributed by atoms with Gasteiger partial charge in [-0.3, -0.25) is 34.2 Å². The van der Waals surface area contributed by atoms with Crippen molar-refractivity contribution < 1.29 is 42.9 Å². The third kappa shape index (κ3) is 13.5. The van der Waals surface area contributed by atoms with Crippen LogP contribution in [0.15, 0.2) is 85.5 Å². The monoisotopic (exact) mass is 1130 g/mol. The fourth-order valence-electron chi connectivity index (χ4n) is 10.5. The summed E-state index contributed by atoms with van der Waals surface area (Å²) in [5, 5.41) is 3.97. The van der Waals surface area contributed by atoms with Crippen molar-refractivity contribution in [3.8, 4) is 11.5 Å². The molecule has 0 atom stereocenters. The van der Waals surface area contributed by atoms with Crippen LogP contribution in [0.25, 0.3) is 33.2 Å². The summed E-state index contributed by atoms with van der Waals surface area (Å²) in [4.78, 5) is 78.0. The average Bonchev–Trinajstić information content (AvgIpc) is 4.13. The van der Waals surface area contributed by atoms with Crippen molar-refractivity contribution >= 4 is 80.1 Å². The Morgan fingerprint density at radius 1 is 0.637 bits per heavy atom. The summed E-state index contributed by atoms with van der Waals surface area (Å²) in [5.41, 5.74) is 6.42. The number of pyridine rings is 2. The maximum Gasteiger partial charge on any atom is 0.342 e. The van der Waals surface area contributed by atoms with Crippen LogP contribution in [0.4, 0.5) is 0 Å². The molecule has 0 unspecified atom stereocenters. The SMILES string of the molecule is CC(C)NC(=O)C1=CN(C(=O)c2ccc(OCCN3CCOCC3)cc2)CC(C)(C)c2c1[nH]c1cc(Cl)cnc21.CC(C)OC(=O)C1=CN(C(=O)c2ccc(OCCN3CCOCC3)cc2)CC(C)(C)c2c1[nH]c1cc(Cl)cnc21. The largest absolute Gasteiger partial charge is 0.492 e. The van der Waals surface area contributed by atoms with Gasteiger partial charge < -0.3 is 48.8 Å². The van der Waals surface area contributed by atoms with E-state index in [4.69, 9.17) is 46.9 Å². The molecule has 2 aromatic carbocycles. The minimum atomic E-state index is -0.553. The predicted octanol–water partition coefficient (Wildman–Crippen LogP) is 8.88. The molecule has 0 radical (unpaired) electrons. The number of aromatic nitrogens is 4. The second kappa shape index (κ2) is 24.9. The lowest BCUT2D eigenvalue weighted by molar-refractivity contribution is -0.140. The van der Waals surface area contributed by atoms with Crippen LogP contribution in [-0.4, -0.2) is 167 Å². The lowest BCUT2D eigenvalue weighted by atomic mass is 9.82. The Kier molecular flexibility index (Phi) is 18.0. The van der Waals surface area contributed by atoms with Gasteiger partial charge in [0.1, 0.15) is 24.7 Å². The number of esters is 1. The van der Waals surface area contributed by atoms with E-state index in [1.165, 1.54) is 0 Å². The Hall–Kier alpha value is -6.80. The van der Waals surface area contributed by atoms with Gasteiger partial charge in [0.2, 0.25) is 0 Å². The zero-order valence-electron chi connectivity index (χ0n) is 46.8. The first-order valence-electron chi connectivity index (χ1n) is 27.2. The van der Waals surface area contributed by atoms with Crippen LogP contribution in [-0.2, 0) is 34.6 Å². The number of rotatable bonds is 14. The van der Waals surface area contributed by atoms with Crippen LogP contribution in [0.3, 0.4) is 0 Å². The molecule has 10 rings (SSSR count). The summed E-state index contributed by atoms with van der Waals surface area (Å²) < 4.78 is 28.2. The number of nitrogens with one attached hydrogen (secondary N) is 3. The summed E-state index contributed by atoms with van der Waals surface area (Å²) >= 11 is 12.4. The number of nitrogens with zero attached hydrogens (tertiary/aromatic N) is 6. The van der Waals surface area contributed by atoms with Gasteiger partial charge in [-0.2, -0.15) is 0 Å². The van der Waals surface area contributed by atoms with Crippen molar-refractivity contribution in [3.63, 3.8) is 0 Å². The van der Waals surface area contributed by atoms with E-state index in [0.29, 0.717) is 81.5 Å². The fourth-order valence-corrected chi connectivity index (χ4v) is 10.8. The molecule has 0 bridgehead atoms. The maximum atomic E-state index is 13.8. The summed E-state index contributed by atoms with van der Waals surface area (Å²) in [6, 6.07) is 17.8. The minimum Gasteiger partial charge on any atom is -0.492 e. The molecule has 424 valence electrons. The van der Waals surface area contributed by atoms with Gasteiger partial charge in [-0.05, 0) is 88.4 Å². The van der Waals surface area contributed by atoms with E-state index in [9.17, 15) is 19.2 Å². The molecule has 0 aliphatic carbocycles. The highest BCUT2D eigenvalue weighted by Gasteiger charge is 2.40. The van der Waals surface area contributed by atoms with Gasteiger partial charge in [-0.1, -0.05) is 50.9 Å². The predicted molar refractivity (Wildman–Crippen MR) is 309 cm³/mol. The van der Waals surface area contributed by atoms with Crippen LogP contribution >= 0.6 is 23.2 Å². The number of aromatic amines is 2. The number of carbonyl (C=O) groups is 4. The molecule has 2 fully saturated rings. The standard InChI is InChI=1S/C30H36ClN5O4.C30H35ClN4O5/c1-19(2)33-28(37)23-17-36(18-30(3,4)25-26(23)34-24-15-21(31)16-32-27(24)25)29(38)20-5-7-22(8-6-20)40-14-11-35-9-12-39-13-10-35;1-19(2)40-29(37)23-17-35(18-30(3,4)25-26(23)33-24-15-21(31)16-32-27(24)25)28(36)20-5-7-22(8-6-20)39-14-11-34-9-12-38-13-10-34/h5-8,15-17,19,34H,9-14,18H2,1-4H3,(H,33,37);5-8,15-17,19,33H,9-14,18H2,1-4H3. The first-order valence-corrected chi connectivity index (χ1v) is 28.0. The van der Waals surface area contributed by atoms with Gasteiger partial charge in [0.15, 0.2) is 0 Å². The smallest absolute Gasteiger partial charge is 0.342 e. The van der Waals surface area contributed by atoms with E-state index >= 15 is 0 Å². The Morgan fingerprint density at radius 2 is 1.05 bits per heavy atom. The first-order chi connectivity index (χ1) is 38.2. The minimum absolute atomic E-state index is 0.0787. The summed E-state index contributed by atoms with van der Waals surface area (Å²) in [7, 11) is 0. The van der Waals surface area contributed by atoms with Crippen LogP contribution in [0.2, 0.25) is 10.0 Å². The topological polar surface area (TPSA) is 197 Å². The molecule has 0 saturated carbocycles. The Bertz CT molecular complexity index is 3070. The molecule has 20 heteroatoms. The molecule has 80 heavy (non-hydrogen) atoms. The second-order valence-electron chi connectivity index (χ2n) is 22.3. The number of carbonyl (C=O) groups excluding carboxylic acids is 4. The van der Waals surface area contributed by atoms with Gasteiger partial charge in [-0.25, -0.2) is 4.79 Å². The highest BCUT2D eigenvalue weighted by molar-refractivity contribution is 6.31. The summed E-state index contributed by atoms with van der Waals surface area (Å²) in [6.07, 6.45) is 6.10. The quantitative estimate of drug-likeness (QED) is 0.0876. The third-order valence-electron chi connectivity index (χ3n) is 14.3. The number of hydrogen-bond acceptors (Lipinski definition) is 13. The van der Waals surface area contributed by atoms with E-state index < -0.39 is 16.8 Å². The maximum absolute atomic E-state index is 13.8. The number of ether oxygens (including phenoxy) is 5. The molecule has 0 spiro atoms. The van der Waals surface area contributed by atoms with Gasteiger partial charge in [-0.15, -0.1) is 0 Å². The average molecular weight is 1130 g/mol. The van der Waals surface area contributed by atoms with Crippen LogP contribution < -0.4 is 14.8 Å². The van der Waals surface area contributed by atoms with Crippen molar-refractivity contribution in [3.05, 3.63) is 129 Å². The summed E-state index contributed by atoms with van der Waals surface area (Å²) in [6.45, 7) is 25.7. The summed E-state index contributed by atoms with van der Waals surface area (Å²) in [5.74, 6) is 0.187. The van der Waals surface area contributed by atoms with Crippen molar-refractivity contribution in [1.29, 1.82) is 0 Å². The van der Waals surface area contributed by atoms with Crippen LogP contribution in [0.1, 0.15) is 98.6 Å². The lowest BCUT2D eigenvalue weighted by Crippen LogP contribution is -2.38. The van der Waals surface area contributed by atoms with E-state index in [-0.39, 0.29) is 35.4 Å². The zero-order valence-corrected chi connectivity index (χ0v) is 48.3. The van der Waals surface area contributed by atoms with Crippen molar-refractivity contribution in [2.75, 3.05) is 92.0 Å². The molecule has 3 N–H and O–H groups in total. The van der Waals surface area contributed by atoms with Crippen molar-refractivity contribution in [2.45, 2.75) is 78.4 Å². The molecule has 4 aromatic heterocycles. The Labute approximate surface area is 476 Å². The number of fused-ring (bicyclic) bond motifs is 6. The third-order valence-corrected chi connectivity index (χ3v) is 14.7. The van der Waals surface area contributed by atoms with Gasteiger partial charge >= 0.3 is 5.97 Å². The number of H-pyrrole nitrogens is 2. The normalized spacial score (nSPS) is 17.4. The van der Waals surface area contributed by atoms with E-state index in [0.717, 1.165) is 93.4 Å². The number of amides is 3. The first kappa shape index (κ1) is 57.9. The lowest BCUT2D eigenvalue weighted by Gasteiger charge is -2.29. The van der Waals surface area contributed by atoms with Gasteiger partial charge in [0.05, 0.1) is 87.2 Å². The fraction of sp³-hybridized carbons (Fsp3) is 0.433. The number of benzene rings is 2. The Balaban J connectivity index is 0.000000194. The van der Waals surface area contributed by atoms with Crippen LogP contribution in [0, 0.1) is 0 Å². The van der Waals surface area contributed by atoms with Gasteiger partial charge in [0, 0.05) is 116 Å². The van der Waals surface area contributed by atoms with E-state index in [2.05, 4.69) is 48.9 Å². The van der Waals surface area contributed by atoms with E-state index in [1.807, 2.05) is 39.8 Å². The van der Waals surface area contributed by atoms with Crippen LogP contribution in [0.5, 0.6) is 11.5 Å². The molecule has 4 aliphatic heterocycles. The molecule has 2 saturated heterocycles. The Morgan fingerprint density at radius 3 is 1.46 bits per heavy atom. The molecular weight excluding hydrogens is 1060 g/mol. The molecule has 8 heterocycles. The van der Waals surface area contributed by atoms with Crippen molar-refractivity contribution in [1.82, 2.24) is 44.9 Å². The van der Waals surface area contributed by atoms with E-state index in [1.54, 1.807) is 97.0 Å².